The van der Waals surface area contributed by atoms with Gasteiger partial charge in [0.1, 0.15) is 12.4 Å². The lowest BCUT2D eigenvalue weighted by Crippen LogP contribution is -2.40. The van der Waals surface area contributed by atoms with Gasteiger partial charge >= 0.3 is 0 Å². The molecule has 0 unspecified atom stereocenters. The van der Waals surface area contributed by atoms with Gasteiger partial charge in [0.05, 0.1) is 5.57 Å². The monoisotopic (exact) mass is 370 g/mol. The molecule has 2 aliphatic rings. The van der Waals surface area contributed by atoms with E-state index in [1.807, 2.05) is 30.2 Å². The number of ether oxygens (including phenoxy) is 1. The van der Waals surface area contributed by atoms with E-state index in [0.29, 0.717) is 17.2 Å². The Morgan fingerprint density at radius 2 is 2.12 bits per heavy atom. The summed E-state index contributed by atoms with van der Waals surface area (Å²) in [4.78, 5) is 14.7. The van der Waals surface area contributed by atoms with E-state index in [4.69, 9.17) is 16.3 Å². The number of likely N-dealkylation sites (tertiary alicyclic amines) is 1. The molecule has 4 nitrogen and oxygen atoms in total. The summed E-state index contributed by atoms with van der Waals surface area (Å²) >= 11 is 6.03. The minimum Gasteiger partial charge on any atom is -0.488 e. The topological polar surface area (TPSA) is 41.6 Å². The molecule has 2 aliphatic heterocycles. The third-order valence-electron chi connectivity index (χ3n) is 4.66. The number of carbonyl (C=O) groups excluding carboxylic acids is 1. The van der Waals surface area contributed by atoms with Crippen molar-refractivity contribution in [2.75, 3.05) is 33.3 Å². The molecule has 2 heterocycles. The van der Waals surface area contributed by atoms with E-state index in [2.05, 4.69) is 5.32 Å². The summed E-state index contributed by atoms with van der Waals surface area (Å²) in [6.07, 6.45) is 5.28. The Labute approximate surface area is 154 Å². The Kier molecular flexibility index (Phi) is 6.96. The molecule has 0 atom stereocenters. The summed E-state index contributed by atoms with van der Waals surface area (Å²) in [5.74, 6) is 1.61. The second-order valence-electron chi connectivity index (χ2n) is 6.27. The number of rotatable bonds is 4. The Morgan fingerprint density at radius 1 is 1.38 bits per heavy atom. The number of carbonyl (C=O) groups is 1. The fourth-order valence-corrected chi connectivity index (χ4v) is 3.43. The lowest BCUT2D eigenvalue weighted by Gasteiger charge is -2.33. The predicted octanol–water partition coefficient (Wildman–Crippen LogP) is 3.39. The van der Waals surface area contributed by atoms with E-state index in [0.717, 1.165) is 49.7 Å². The molecule has 1 fully saturated rings. The molecular formula is C18H24Cl2N2O2. The van der Waals surface area contributed by atoms with Gasteiger partial charge in [0, 0.05) is 23.7 Å². The lowest BCUT2D eigenvalue weighted by molar-refractivity contribution is -0.128. The van der Waals surface area contributed by atoms with E-state index in [9.17, 15) is 4.79 Å². The van der Waals surface area contributed by atoms with Gasteiger partial charge in [-0.05, 0) is 63.0 Å². The molecule has 0 aromatic heterocycles. The Bertz CT molecular complexity index is 611. The second kappa shape index (κ2) is 8.75. The number of hydrogen-bond donors (Lipinski definition) is 1. The average molecular weight is 371 g/mol. The third kappa shape index (κ3) is 4.44. The van der Waals surface area contributed by atoms with Crippen molar-refractivity contribution in [1.29, 1.82) is 0 Å². The van der Waals surface area contributed by atoms with Gasteiger partial charge in [-0.25, -0.2) is 0 Å². The van der Waals surface area contributed by atoms with Crippen LogP contribution in [0.15, 0.2) is 23.8 Å². The van der Waals surface area contributed by atoms with Crippen molar-refractivity contribution in [3.63, 3.8) is 0 Å². The van der Waals surface area contributed by atoms with Crippen molar-refractivity contribution < 1.29 is 9.53 Å². The van der Waals surface area contributed by atoms with Gasteiger partial charge in [-0.15, -0.1) is 12.4 Å². The fourth-order valence-electron chi connectivity index (χ4n) is 3.25. The number of amides is 1. The van der Waals surface area contributed by atoms with E-state index >= 15 is 0 Å². The van der Waals surface area contributed by atoms with Crippen LogP contribution < -0.4 is 10.1 Å². The van der Waals surface area contributed by atoms with Crippen molar-refractivity contribution in [1.82, 2.24) is 10.2 Å². The molecule has 0 spiro atoms. The normalized spacial score (nSPS) is 17.4. The summed E-state index contributed by atoms with van der Waals surface area (Å²) in [5.41, 5.74) is 1.60. The highest BCUT2D eigenvalue weighted by Crippen LogP contribution is 2.30. The maximum Gasteiger partial charge on any atom is 0.253 e. The highest BCUT2D eigenvalue weighted by Gasteiger charge is 2.26. The van der Waals surface area contributed by atoms with E-state index in [1.165, 1.54) is 6.42 Å². The zero-order valence-electron chi connectivity index (χ0n) is 13.9. The van der Waals surface area contributed by atoms with Crippen LogP contribution in [0.5, 0.6) is 5.75 Å². The number of fused-ring (bicyclic) bond motifs is 1. The van der Waals surface area contributed by atoms with Crippen molar-refractivity contribution in [2.24, 2.45) is 5.92 Å². The molecule has 1 aromatic rings. The molecule has 0 aliphatic carbocycles. The number of nitrogens with one attached hydrogen (secondary N) is 1. The van der Waals surface area contributed by atoms with Gasteiger partial charge < -0.3 is 15.0 Å². The summed E-state index contributed by atoms with van der Waals surface area (Å²) < 4.78 is 5.69. The molecule has 6 heteroatoms. The van der Waals surface area contributed by atoms with Crippen LogP contribution in [0.2, 0.25) is 5.02 Å². The smallest absolute Gasteiger partial charge is 0.253 e. The van der Waals surface area contributed by atoms with Crippen molar-refractivity contribution in [2.45, 2.75) is 19.3 Å². The summed E-state index contributed by atoms with van der Waals surface area (Å²) in [6, 6.07) is 5.49. The molecule has 1 aromatic carbocycles. The highest BCUT2D eigenvalue weighted by molar-refractivity contribution is 6.30. The Morgan fingerprint density at radius 3 is 2.83 bits per heavy atom. The van der Waals surface area contributed by atoms with Gasteiger partial charge in [0.2, 0.25) is 0 Å². The van der Waals surface area contributed by atoms with Gasteiger partial charge in [-0.2, -0.15) is 0 Å². The zero-order chi connectivity index (χ0) is 16.2. The molecule has 3 rings (SSSR count). The standard InChI is InChI=1S/C18H23ClN2O2.ClH/c1-20-7-4-13-5-8-21(9-6-13)18(22)15-10-14-11-16(19)2-3-17(14)23-12-15;/h2-3,10-11,13,20H,4-9,12H2,1H3;1H. The Hall–Kier alpha value is -1.23. The highest BCUT2D eigenvalue weighted by atomic mass is 35.5. The molecule has 0 radical (unpaired) electrons. The number of hydrogen-bond acceptors (Lipinski definition) is 3. The van der Waals surface area contributed by atoms with Gasteiger partial charge in [-0.3, -0.25) is 4.79 Å². The van der Waals surface area contributed by atoms with Crippen molar-refractivity contribution in [3.8, 4) is 5.75 Å². The number of benzene rings is 1. The summed E-state index contributed by atoms with van der Waals surface area (Å²) in [7, 11) is 1.98. The summed E-state index contributed by atoms with van der Waals surface area (Å²) in [6.45, 7) is 3.07. The molecule has 132 valence electrons. The second-order valence-corrected chi connectivity index (χ2v) is 6.70. The first-order valence-corrected chi connectivity index (χ1v) is 8.62. The van der Waals surface area contributed by atoms with Crippen LogP contribution in [0, 0.1) is 5.92 Å². The Balaban J connectivity index is 0.00000208. The molecule has 1 saturated heterocycles. The van der Waals surface area contributed by atoms with Gasteiger partial charge in [0.15, 0.2) is 0 Å². The minimum atomic E-state index is 0. The number of piperidine rings is 1. The maximum atomic E-state index is 12.7. The van der Waals surface area contributed by atoms with Crippen LogP contribution in [-0.4, -0.2) is 44.1 Å². The van der Waals surface area contributed by atoms with E-state index in [-0.39, 0.29) is 18.3 Å². The molecular weight excluding hydrogens is 347 g/mol. The van der Waals surface area contributed by atoms with Crippen LogP contribution in [0.1, 0.15) is 24.8 Å². The van der Waals surface area contributed by atoms with Crippen molar-refractivity contribution >= 4 is 36.0 Å². The number of halogens is 2. The third-order valence-corrected chi connectivity index (χ3v) is 4.90. The lowest BCUT2D eigenvalue weighted by atomic mass is 9.93. The average Bonchev–Trinajstić information content (AvgIpc) is 2.59. The quantitative estimate of drug-likeness (QED) is 0.882. The van der Waals surface area contributed by atoms with E-state index < -0.39 is 0 Å². The fraction of sp³-hybridized carbons (Fsp3) is 0.500. The molecule has 1 N–H and O–H groups in total. The molecule has 1 amide bonds. The van der Waals surface area contributed by atoms with Crippen LogP contribution in [-0.2, 0) is 4.79 Å². The molecule has 24 heavy (non-hydrogen) atoms. The van der Waals surface area contributed by atoms with Crippen LogP contribution in [0.25, 0.3) is 6.08 Å². The zero-order valence-corrected chi connectivity index (χ0v) is 15.5. The predicted molar refractivity (Wildman–Crippen MR) is 100 cm³/mol. The summed E-state index contributed by atoms with van der Waals surface area (Å²) in [5, 5.41) is 3.85. The van der Waals surface area contributed by atoms with E-state index in [1.54, 1.807) is 6.07 Å². The SMILES string of the molecule is CNCCC1CCN(C(=O)C2=Cc3cc(Cl)ccc3OC2)CC1.Cl. The first-order valence-electron chi connectivity index (χ1n) is 8.24. The van der Waals surface area contributed by atoms with Crippen LogP contribution >= 0.6 is 24.0 Å². The molecule has 0 bridgehead atoms. The van der Waals surface area contributed by atoms with Gasteiger partial charge in [-0.1, -0.05) is 11.6 Å². The molecule has 0 saturated carbocycles. The van der Waals surface area contributed by atoms with Crippen LogP contribution in [0.3, 0.4) is 0 Å². The first-order chi connectivity index (χ1) is 11.2. The maximum absolute atomic E-state index is 12.7. The number of nitrogens with zero attached hydrogens (tertiary/aromatic N) is 1. The van der Waals surface area contributed by atoms with Gasteiger partial charge in [0.25, 0.3) is 5.91 Å². The largest absolute Gasteiger partial charge is 0.488 e. The van der Waals surface area contributed by atoms with Crippen molar-refractivity contribution in [3.05, 3.63) is 34.4 Å². The van der Waals surface area contributed by atoms with Crippen LogP contribution in [0.4, 0.5) is 0 Å². The first kappa shape index (κ1) is 19.1. The minimum absolute atomic E-state index is 0.